The predicted molar refractivity (Wildman–Crippen MR) is 65.1 cm³/mol. The quantitative estimate of drug-likeness (QED) is 0.929. The zero-order valence-corrected chi connectivity index (χ0v) is 11.2. The zero-order valence-electron chi connectivity index (χ0n) is 9.63. The molecule has 1 aromatic carbocycles. The second kappa shape index (κ2) is 3.93. The molecule has 0 atom stereocenters. The lowest BCUT2D eigenvalue weighted by Crippen LogP contribution is -2.09. The van der Waals surface area contributed by atoms with Crippen molar-refractivity contribution in [2.24, 2.45) is 0 Å². The fourth-order valence-corrected chi connectivity index (χ4v) is 2.98. The van der Waals surface area contributed by atoms with Crippen LogP contribution in [0.3, 0.4) is 0 Å². The highest BCUT2D eigenvalue weighted by molar-refractivity contribution is 9.10. The fraction of sp³-hybridized carbons (Fsp3) is 0.500. The Hall–Kier alpha value is -0.740. The van der Waals surface area contributed by atoms with E-state index in [1.807, 2.05) is 13.0 Å². The Balaban J connectivity index is 2.64. The van der Waals surface area contributed by atoms with Crippen LogP contribution in [0.25, 0.3) is 0 Å². The van der Waals surface area contributed by atoms with Gasteiger partial charge in [-0.05, 0) is 47.3 Å². The summed E-state index contributed by atoms with van der Waals surface area (Å²) >= 11 is 3.49. The standard InChI is InChI=1S/C12H15BrO3/c1-7-6-8(15-2)9(12(14)4-5-12)10(13)11(7)16-3/h6,14H,4-5H2,1-3H3. The van der Waals surface area contributed by atoms with Crippen LogP contribution in [0.4, 0.5) is 0 Å². The number of aryl methyl sites for hydroxylation is 1. The van der Waals surface area contributed by atoms with E-state index in [0.717, 1.165) is 34.2 Å². The first-order valence-electron chi connectivity index (χ1n) is 5.17. The first-order valence-corrected chi connectivity index (χ1v) is 5.96. The van der Waals surface area contributed by atoms with Crippen molar-refractivity contribution in [1.29, 1.82) is 0 Å². The van der Waals surface area contributed by atoms with Crippen molar-refractivity contribution in [3.8, 4) is 11.5 Å². The number of ether oxygens (including phenoxy) is 2. The normalized spacial score (nSPS) is 17.1. The van der Waals surface area contributed by atoms with Gasteiger partial charge in [0.15, 0.2) is 0 Å². The molecule has 0 aliphatic heterocycles. The second-order valence-corrected chi connectivity index (χ2v) is 4.94. The van der Waals surface area contributed by atoms with Crippen molar-refractivity contribution >= 4 is 15.9 Å². The van der Waals surface area contributed by atoms with Crippen molar-refractivity contribution in [1.82, 2.24) is 0 Å². The highest BCUT2D eigenvalue weighted by atomic mass is 79.9. The Morgan fingerprint density at radius 2 is 1.94 bits per heavy atom. The number of rotatable bonds is 3. The number of aliphatic hydroxyl groups is 1. The molecule has 0 saturated heterocycles. The molecule has 1 N–H and O–H groups in total. The van der Waals surface area contributed by atoms with Crippen LogP contribution in [-0.4, -0.2) is 19.3 Å². The van der Waals surface area contributed by atoms with Gasteiger partial charge < -0.3 is 14.6 Å². The van der Waals surface area contributed by atoms with E-state index in [4.69, 9.17) is 9.47 Å². The van der Waals surface area contributed by atoms with Gasteiger partial charge in [-0.25, -0.2) is 0 Å². The van der Waals surface area contributed by atoms with E-state index >= 15 is 0 Å². The summed E-state index contributed by atoms with van der Waals surface area (Å²) < 4.78 is 11.5. The maximum Gasteiger partial charge on any atom is 0.136 e. The van der Waals surface area contributed by atoms with Gasteiger partial charge >= 0.3 is 0 Å². The maximum atomic E-state index is 10.2. The van der Waals surface area contributed by atoms with Gasteiger partial charge in [0.1, 0.15) is 11.5 Å². The largest absolute Gasteiger partial charge is 0.496 e. The molecule has 2 rings (SSSR count). The lowest BCUT2D eigenvalue weighted by Gasteiger charge is -2.19. The van der Waals surface area contributed by atoms with Crippen molar-refractivity contribution in [2.75, 3.05) is 14.2 Å². The fourth-order valence-electron chi connectivity index (χ4n) is 1.94. The lowest BCUT2D eigenvalue weighted by molar-refractivity contribution is 0.146. The van der Waals surface area contributed by atoms with Crippen molar-refractivity contribution < 1.29 is 14.6 Å². The molecule has 88 valence electrons. The van der Waals surface area contributed by atoms with E-state index < -0.39 is 5.60 Å². The number of hydrogen-bond acceptors (Lipinski definition) is 3. The van der Waals surface area contributed by atoms with Gasteiger partial charge in [0.05, 0.1) is 24.3 Å². The molecule has 0 aromatic heterocycles. The SMILES string of the molecule is COc1cc(C)c(OC)c(Br)c1C1(O)CC1. The molecule has 1 aliphatic rings. The van der Waals surface area contributed by atoms with Crippen LogP contribution in [0.5, 0.6) is 11.5 Å². The molecular formula is C12H15BrO3. The number of methoxy groups -OCH3 is 2. The minimum Gasteiger partial charge on any atom is -0.496 e. The molecule has 0 radical (unpaired) electrons. The summed E-state index contributed by atoms with van der Waals surface area (Å²) in [6, 6.07) is 1.90. The molecule has 16 heavy (non-hydrogen) atoms. The molecule has 1 aromatic rings. The van der Waals surface area contributed by atoms with Gasteiger partial charge in [-0.2, -0.15) is 0 Å². The van der Waals surface area contributed by atoms with Crippen molar-refractivity contribution in [3.63, 3.8) is 0 Å². The number of hydrogen-bond donors (Lipinski definition) is 1. The lowest BCUT2D eigenvalue weighted by atomic mass is 10.0. The summed E-state index contributed by atoms with van der Waals surface area (Å²) in [6.07, 6.45) is 1.54. The third-order valence-electron chi connectivity index (χ3n) is 2.98. The Bertz CT molecular complexity index is 425. The first kappa shape index (κ1) is 11.7. The number of benzene rings is 1. The molecule has 1 aliphatic carbocycles. The summed E-state index contributed by atoms with van der Waals surface area (Å²) in [5.74, 6) is 1.47. The molecule has 1 saturated carbocycles. The molecule has 0 bridgehead atoms. The topological polar surface area (TPSA) is 38.7 Å². The van der Waals surface area contributed by atoms with Crippen LogP contribution in [0.1, 0.15) is 24.0 Å². The Labute approximate surface area is 104 Å². The smallest absolute Gasteiger partial charge is 0.136 e. The summed E-state index contributed by atoms with van der Waals surface area (Å²) in [4.78, 5) is 0. The van der Waals surface area contributed by atoms with E-state index in [1.54, 1.807) is 14.2 Å². The Morgan fingerprint density at radius 1 is 1.31 bits per heavy atom. The summed E-state index contributed by atoms with van der Waals surface area (Å²) in [5, 5.41) is 10.2. The average Bonchev–Trinajstić information content (AvgIpc) is 2.96. The van der Waals surface area contributed by atoms with Crippen LogP contribution in [0.15, 0.2) is 10.5 Å². The van der Waals surface area contributed by atoms with Gasteiger partial charge in [-0.3, -0.25) is 0 Å². The molecule has 3 nitrogen and oxygen atoms in total. The van der Waals surface area contributed by atoms with E-state index in [2.05, 4.69) is 15.9 Å². The minimum atomic E-state index is -0.745. The van der Waals surface area contributed by atoms with Crippen molar-refractivity contribution in [3.05, 3.63) is 21.7 Å². The highest BCUT2D eigenvalue weighted by Gasteiger charge is 2.46. The minimum absolute atomic E-state index is 0.713. The van der Waals surface area contributed by atoms with Crippen LogP contribution in [-0.2, 0) is 5.60 Å². The van der Waals surface area contributed by atoms with E-state index in [1.165, 1.54) is 0 Å². The van der Waals surface area contributed by atoms with E-state index in [0.29, 0.717) is 5.75 Å². The van der Waals surface area contributed by atoms with E-state index in [-0.39, 0.29) is 0 Å². The van der Waals surface area contributed by atoms with Gasteiger partial charge in [0.25, 0.3) is 0 Å². The third-order valence-corrected chi connectivity index (χ3v) is 3.74. The summed E-state index contributed by atoms with van der Waals surface area (Å²) in [6.45, 7) is 1.95. The van der Waals surface area contributed by atoms with Crippen LogP contribution in [0, 0.1) is 6.92 Å². The second-order valence-electron chi connectivity index (χ2n) is 4.15. The first-order chi connectivity index (χ1) is 7.53. The van der Waals surface area contributed by atoms with Crippen LogP contribution < -0.4 is 9.47 Å². The molecule has 0 heterocycles. The van der Waals surface area contributed by atoms with Crippen molar-refractivity contribution in [2.45, 2.75) is 25.4 Å². The van der Waals surface area contributed by atoms with Gasteiger partial charge in [-0.1, -0.05) is 0 Å². The summed E-state index contributed by atoms with van der Waals surface area (Å²) in [5.41, 5.74) is 1.04. The summed E-state index contributed by atoms with van der Waals surface area (Å²) in [7, 11) is 3.24. The average molecular weight is 287 g/mol. The van der Waals surface area contributed by atoms with Crippen LogP contribution >= 0.6 is 15.9 Å². The molecule has 1 fully saturated rings. The molecule has 0 unspecified atom stereocenters. The Morgan fingerprint density at radius 3 is 2.38 bits per heavy atom. The number of halogens is 1. The van der Waals surface area contributed by atoms with Crippen LogP contribution in [0.2, 0.25) is 0 Å². The van der Waals surface area contributed by atoms with Gasteiger partial charge in [0.2, 0.25) is 0 Å². The van der Waals surface area contributed by atoms with Gasteiger partial charge in [0, 0.05) is 5.56 Å². The van der Waals surface area contributed by atoms with E-state index in [9.17, 15) is 5.11 Å². The molecule has 4 heteroatoms. The molecule has 0 spiro atoms. The Kier molecular flexibility index (Phi) is 2.88. The van der Waals surface area contributed by atoms with Gasteiger partial charge in [-0.15, -0.1) is 0 Å². The highest BCUT2D eigenvalue weighted by Crippen LogP contribution is 2.54. The monoisotopic (exact) mass is 286 g/mol. The molecular weight excluding hydrogens is 272 g/mol. The molecule has 0 amide bonds. The third kappa shape index (κ3) is 1.70. The maximum absolute atomic E-state index is 10.2. The zero-order chi connectivity index (χ0) is 11.9. The predicted octanol–water partition coefficient (Wildman–Crippen LogP) is 2.76.